The topological polar surface area (TPSA) is 90.3 Å². The molecule has 3 aromatic rings. The smallest absolute Gasteiger partial charge is 0.412 e. The number of rotatable bonds is 6. The van der Waals surface area contributed by atoms with Crippen molar-refractivity contribution in [3.63, 3.8) is 0 Å². The van der Waals surface area contributed by atoms with Crippen molar-refractivity contribution < 1.29 is 18.7 Å². The second-order valence-corrected chi connectivity index (χ2v) is 5.77. The lowest BCUT2D eigenvalue weighted by Gasteiger charge is -2.12. The van der Waals surface area contributed by atoms with E-state index in [9.17, 15) is 18.8 Å². The highest BCUT2D eigenvalue weighted by atomic mass is 19.1. The van der Waals surface area contributed by atoms with Crippen LogP contribution in [0.5, 0.6) is 0 Å². The van der Waals surface area contributed by atoms with Crippen molar-refractivity contribution in [1.29, 1.82) is 0 Å². The Kier molecular flexibility index (Phi) is 5.91. The van der Waals surface area contributed by atoms with Gasteiger partial charge < -0.3 is 9.53 Å². The summed E-state index contributed by atoms with van der Waals surface area (Å²) in [4.78, 5) is 39.8. The standard InChI is InChI=1S/C20H16FN3O4/c21-16-8-6-15(7-9-16)18-22-12-17(19(26)24(18)10-11-25)23-20(27)28-13-14-4-2-1-3-5-14/h1-9,11-12H,10,13H2,(H,23,27). The molecule has 28 heavy (non-hydrogen) atoms. The first-order chi connectivity index (χ1) is 13.6. The number of aromatic nitrogens is 2. The van der Waals surface area contributed by atoms with Gasteiger partial charge in [-0.05, 0) is 29.8 Å². The van der Waals surface area contributed by atoms with E-state index in [2.05, 4.69) is 10.3 Å². The molecule has 0 fully saturated rings. The summed E-state index contributed by atoms with van der Waals surface area (Å²) in [6, 6.07) is 14.4. The van der Waals surface area contributed by atoms with E-state index in [0.29, 0.717) is 11.8 Å². The highest BCUT2D eigenvalue weighted by Crippen LogP contribution is 2.17. The first-order valence-electron chi connectivity index (χ1n) is 8.35. The van der Waals surface area contributed by atoms with Crippen LogP contribution in [0, 0.1) is 5.82 Å². The van der Waals surface area contributed by atoms with Crippen molar-refractivity contribution in [1.82, 2.24) is 9.55 Å². The molecule has 1 N–H and O–H groups in total. The van der Waals surface area contributed by atoms with Crippen LogP contribution in [0.2, 0.25) is 0 Å². The number of benzene rings is 2. The number of carbonyl (C=O) groups is 2. The quantitative estimate of drug-likeness (QED) is 0.663. The van der Waals surface area contributed by atoms with Crippen LogP contribution in [0.1, 0.15) is 5.56 Å². The van der Waals surface area contributed by atoms with Crippen LogP contribution in [0.15, 0.2) is 65.6 Å². The van der Waals surface area contributed by atoms with Gasteiger partial charge in [0.15, 0.2) is 0 Å². The normalized spacial score (nSPS) is 10.3. The summed E-state index contributed by atoms with van der Waals surface area (Å²) in [5.41, 5.74) is 0.489. The van der Waals surface area contributed by atoms with Gasteiger partial charge in [0.1, 0.15) is 30.2 Å². The van der Waals surface area contributed by atoms with Crippen LogP contribution in [0.25, 0.3) is 11.4 Å². The zero-order valence-corrected chi connectivity index (χ0v) is 14.7. The van der Waals surface area contributed by atoms with E-state index < -0.39 is 17.5 Å². The Balaban J connectivity index is 1.81. The number of nitrogens with one attached hydrogen (secondary N) is 1. The van der Waals surface area contributed by atoms with Gasteiger partial charge >= 0.3 is 6.09 Å². The first kappa shape index (κ1) is 19.0. The molecule has 0 saturated heterocycles. The largest absolute Gasteiger partial charge is 0.444 e. The number of hydrogen-bond acceptors (Lipinski definition) is 5. The average Bonchev–Trinajstić information content (AvgIpc) is 2.71. The third kappa shape index (κ3) is 4.47. The molecule has 0 atom stereocenters. The van der Waals surface area contributed by atoms with E-state index in [1.54, 1.807) is 12.1 Å². The van der Waals surface area contributed by atoms with E-state index in [0.717, 1.165) is 10.1 Å². The molecule has 8 heteroatoms. The highest BCUT2D eigenvalue weighted by molar-refractivity contribution is 5.84. The molecule has 0 saturated carbocycles. The Labute approximate surface area is 159 Å². The van der Waals surface area contributed by atoms with E-state index in [-0.39, 0.29) is 24.7 Å². The van der Waals surface area contributed by atoms with Crippen molar-refractivity contribution in [3.05, 3.63) is 82.5 Å². The summed E-state index contributed by atoms with van der Waals surface area (Å²) >= 11 is 0. The molecule has 1 heterocycles. The minimum atomic E-state index is -0.824. The lowest BCUT2D eigenvalue weighted by atomic mass is 10.2. The van der Waals surface area contributed by atoms with Gasteiger partial charge in [-0.1, -0.05) is 30.3 Å². The fraction of sp³-hybridized carbons (Fsp3) is 0.100. The molecule has 0 spiro atoms. The maximum absolute atomic E-state index is 13.1. The minimum absolute atomic E-state index is 0.0380. The van der Waals surface area contributed by atoms with Crippen molar-refractivity contribution in [3.8, 4) is 11.4 Å². The molecule has 0 radical (unpaired) electrons. The van der Waals surface area contributed by atoms with Gasteiger partial charge in [-0.3, -0.25) is 14.7 Å². The van der Waals surface area contributed by atoms with Gasteiger partial charge in [-0.25, -0.2) is 14.2 Å². The van der Waals surface area contributed by atoms with Crippen molar-refractivity contribution >= 4 is 18.1 Å². The number of amides is 1. The zero-order valence-electron chi connectivity index (χ0n) is 14.7. The van der Waals surface area contributed by atoms with Gasteiger partial charge in [-0.2, -0.15) is 0 Å². The second-order valence-electron chi connectivity index (χ2n) is 5.77. The van der Waals surface area contributed by atoms with Crippen molar-refractivity contribution in [2.45, 2.75) is 13.2 Å². The predicted molar refractivity (Wildman–Crippen MR) is 100 cm³/mol. The van der Waals surface area contributed by atoms with Gasteiger partial charge in [-0.15, -0.1) is 0 Å². The third-order valence-electron chi connectivity index (χ3n) is 3.86. The predicted octanol–water partition coefficient (Wildman–Crippen LogP) is 3.00. The Morgan fingerprint density at radius 1 is 1.14 bits per heavy atom. The SMILES string of the molecule is O=CCn1c(-c2ccc(F)cc2)ncc(NC(=O)OCc2ccccc2)c1=O. The molecule has 2 aromatic carbocycles. The average molecular weight is 381 g/mol. The lowest BCUT2D eigenvalue weighted by Crippen LogP contribution is -2.28. The Hall–Kier alpha value is -3.81. The van der Waals surface area contributed by atoms with Gasteiger partial charge in [0, 0.05) is 5.56 Å². The molecule has 1 amide bonds. The van der Waals surface area contributed by atoms with Crippen LogP contribution >= 0.6 is 0 Å². The number of hydrogen-bond donors (Lipinski definition) is 1. The van der Waals surface area contributed by atoms with E-state index >= 15 is 0 Å². The molecule has 1 aromatic heterocycles. The molecular formula is C20H16FN3O4. The summed E-state index contributed by atoms with van der Waals surface area (Å²) in [6.07, 6.45) is 0.884. The summed E-state index contributed by atoms with van der Waals surface area (Å²) in [6.45, 7) is -0.233. The zero-order chi connectivity index (χ0) is 19.9. The van der Waals surface area contributed by atoms with Gasteiger partial charge in [0.25, 0.3) is 5.56 Å². The van der Waals surface area contributed by atoms with Crippen LogP contribution in [0.4, 0.5) is 14.9 Å². The number of ether oxygens (including phenoxy) is 1. The third-order valence-corrected chi connectivity index (χ3v) is 3.86. The number of halogens is 1. The number of aldehydes is 1. The molecule has 7 nitrogen and oxygen atoms in total. The Morgan fingerprint density at radius 3 is 2.54 bits per heavy atom. The fourth-order valence-corrected chi connectivity index (χ4v) is 2.52. The molecule has 0 bridgehead atoms. The molecular weight excluding hydrogens is 365 g/mol. The number of carbonyl (C=O) groups excluding carboxylic acids is 2. The first-order valence-corrected chi connectivity index (χ1v) is 8.35. The maximum Gasteiger partial charge on any atom is 0.412 e. The van der Waals surface area contributed by atoms with Crippen LogP contribution in [0.3, 0.4) is 0 Å². The maximum atomic E-state index is 13.1. The van der Waals surface area contributed by atoms with Crippen LogP contribution < -0.4 is 10.9 Å². The van der Waals surface area contributed by atoms with Gasteiger partial charge in [0.05, 0.1) is 12.7 Å². The highest BCUT2D eigenvalue weighted by Gasteiger charge is 2.14. The summed E-state index contributed by atoms with van der Waals surface area (Å²) in [7, 11) is 0. The monoisotopic (exact) mass is 381 g/mol. The lowest BCUT2D eigenvalue weighted by molar-refractivity contribution is -0.108. The summed E-state index contributed by atoms with van der Waals surface area (Å²) < 4.78 is 19.3. The van der Waals surface area contributed by atoms with Crippen molar-refractivity contribution in [2.24, 2.45) is 0 Å². The van der Waals surface area contributed by atoms with Crippen LogP contribution in [-0.4, -0.2) is 21.9 Å². The van der Waals surface area contributed by atoms with E-state index in [1.807, 2.05) is 18.2 Å². The second kappa shape index (κ2) is 8.72. The molecule has 0 aliphatic carbocycles. The number of nitrogens with zero attached hydrogens (tertiary/aromatic N) is 2. The van der Waals surface area contributed by atoms with E-state index in [1.165, 1.54) is 30.5 Å². The number of anilines is 1. The summed E-state index contributed by atoms with van der Waals surface area (Å²) in [5, 5.41) is 2.33. The van der Waals surface area contributed by atoms with Crippen molar-refractivity contribution in [2.75, 3.05) is 5.32 Å². The fourth-order valence-electron chi connectivity index (χ4n) is 2.52. The molecule has 0 aliphatic rings. The van der Waals surface area contributed by atoms with Gasteiger partial charge in [0.2, 0.25) is 0 Å². The van der Waals surface area contributed by atoms with Crippen LogP contribution in [-0.2, 0) is 22.7 Å². The summed E-state index contributed by atoms with van der Waals surface area (Å²) in [5.74, 6) is -0.257. The molecule has 3 rings (SSSR count). The Bertz CT molecular complexity index is 1030. The molecule has 142 valence electrons. The molecule has 0 unspecified atom stereocenters. The minimum Gasteiger partial charge on any atom is -0.444 e. The molecule has 0 aliphatic heterocycles. The Morgan fingerprint density at radius 2 is 1.86 bits per heavy atom. The van der Waals surface area contributed by atoms with E-state index in [4.69, 9.17) is 4.74 Å².